The fourth-order valence-electron chi connectivity index (χ4n) is 3.82. The number of likely N-dealkylation sites (tertiary alicyclic amines) is 1. The molecule has 0 saturated carbocycles. The van der Waals surface area contributed by atoms with Gasteiger partial charge in [0.15, 0.2) is 5.65 Å². The van der Waals surface area contributed by atoms with Crippen molar-refractivity contribution in [3.63, 3.8) is 0 Å². The van der Waals surface area contributed by atoms with Gasteiger partial charge in [-0.1, -0.05) is 6.92 Å². The molecule has 1 fully saturated rings. The van der Waals surface area contributed by atoms with Crippen LogP contribution in [0.2, 0.25) is 0 Å². The van der Waals surface area contributed by atoms with Crippen LogP contribution >= 0.6 is 0 Å². The average molecular weight is 435 g/mol. The molecule has 1 aliphatic heterocycles. The normalized spacial score (nSPS) is 16.0. The van der Waals surface area contributed by atoms with Gasteiger partial charge in [-0.25, -0.2) is 9.50 Å². The number of aromatic hydroxyl groups is 1. The van der Waals surface area contributed by atoms with Gasteiger partial charge in [-0.15, -0.1) is 18.3 Å². The molecule has 31 heavy (non-hydrogen) atoms. The van der Waals surface area contributed by atoms with Gasteiger partial charge in [0.2, 0.25) is 0 Å². The number of benzene rings is 1. The zero-order chi connectivity index (χ0) is 22.0. The van der Waals surface area contributed by atoms with E-state index >= 15 is 0 Å². The number of imidazole rings is 1. The second-order valence-corrected chi connectivity index (χ2v) is 7.62. The van der Waals surface area contributed by atoms with E-state index in [9.17, 15) is 18.3 Å². The van der Waals surface area contributed by atoms with E-state index in [1.54, 1.807) is 6.07 Å². The number of piperidine rings is 1. The van der Waals surface area contributed by atoms with Crippen molar-refractivity contribution in [2.45, 2.75) is 26.1 Å². The lowest BCUT2D eigenvalue weighted by Crippen LogP contribution is -2.35. The number of rotatable bonds is 6. The first-order chi connectivity index (χ1) is 14.8. The molecule has 0 spiro atoms. The number of aromatic nitrogens is 3. The van der Waals surface area contributed by atoms with Crippen LogP contribution in [0, 0.1) is 5.92 Å². The van der Waals surface area contributed by atoms with Crippen molar-refractivity contribution in [3.8, 4) is 22.8 Å². The lowest BCUT2D eigenvalue weighted by molar-refractivity contribution is -0.274. The molecule has 0 unspecified atom stereocenters. The van der Waals surface area contributed by atoms with E-state index in [1.807, 2.05) is 6.07 Å². The number of alkyl halides is 3. The number of phenols is 1. The SMILES string of the molecule is CCN1CCC(CNc2ccc3ncc(-c4cc(OC(F)(F)F)ccc4O)n3n2)CC1. The van der Waals surface area contributed by atoms with E-state index in [-0.39, 0.29) is 11.3 Å². The number of nitrogens with one attached hydrogen (secondary N) is 1. The lowest BCUT2D eigenvalue weighted by atomic mass is 9.97. The second-order valence-electron chi connectivity index (χ2n) is 7.62. The summed E-state index contributed by atoms with van der Waals surface area (Å²) >= 11 is 0. The van der Waals surface area contributed by atoms with Crippen LogP contribution in [0.15, 0.2) is 36.5 Å². The fraction of sp³-hybridized carbons (Fsp3) is 0.429. The largest absolute Gasteiger partial charge is 0.573 e. The Labute approximate surface area is 177 Å². The average Bonchev–Trinajstić information content (AvgIpc) is 3.16. The molecule has 2 aromatic heterocycles. The first kappa shape index (κ1) is 21.2. The fourth-order valence-corrected chi connectivity index (χ4v) is 3.82. The minimum atomic E-state index is -4.82. The Bertz CT molecular complexity index is 1050. The molecule has 2 N–H and O–H groups in total. The highest BCUT2D eigenvalue weighted by Crippen LogP contribution is 2.34. The molecule has 4 rings (SSSR count). The van der Waals surface area contributed by atoms with Crippen molar-refractivity contribution in [3.05, 3.63) is 36.5 Å². The van der Waals surface area contributed by atoms with E-state index in [4.69, 9.17) is 0 Å². The summed E-state index contributed by atoms with van der Waals surface area (Å²) in [4.78, 5) is 6.67. The molecule has 7 nitrogen and oxygen atoms in total. The zero-order valence-electron chi connectivity index (χ0n) is 17.1. The van der Waals surface area contributed by atoms with Crippen LogP contribution in [0.4, 0.5) is 19.0 Å². The predicted molar refractivity (Wildman–Crippen MR) is 110 cm³/mol. The summed E-state index contributed by atoms with van der Waals surface area (Å²) in [7, 11) is 0. The van der Waals surface area contributed by atoms with Crippen LogP contribution in [0.1, 0.15) is 19.8 Å². The van der Waals surface area contributed by atoms with Crippen molar-refractivity contribution in [1.82, 2.24) is 19.5 Å². The van der Waals surface area contributed by atoms with E-state index < -0.39 is 12.1 Å². The Morgan fingerprint density at radius 3 is 2.68 bits per heavy atom. The van der Waals surface area contributed by atoms with Crippen molar-refractivity contribution in [2.24, 2.45) is 5.92 Å². The molecule has 166 valence electrons. The maximum atomic E-state index is 12.6. The molecule has 10 heteroatoms. The Balaban J connectivity index is 1.54. The molecule has 0 radical (unpaired) electrons. The molecular weight excluding hydrogens is 411 g/mol. The number of nitrogens with zero attached hydrogens (tertiary/aromatic N) is 4. The summed E-state index contributed by atoms with van der Waals surface area (Å²) in [6.45, 7) is 6.22. The Morgan fingerprint density at radius 2 is 1.97 bits per heavy atom. The van der Waals surface area contributed by atoms with Gasteiger partial charge in [0.05, 0.1) is 11.9 Å². The highest BCUT2D eigenvalue weighted by atomic mass is 19.4. The van der Waals surface area contributed by atoms with Crippen molar-refractivity contribution in [2.75, 3.05) is 31.5 Å². The quantitative estimate of drug-likeness (QED) is 0.606. The maximum absolute atomic E-state index is 12.6. The minimum absolute atomic E-state index is 0.144. The van der Waals surface area contributed by atoms with Gasteiger partial charge in [0, 0.05) is 12.1 Å². The topological polar surface area (TPSA) is 74.9 Å². The van der Waals surface area contributed by atoms with Crippen molar-refractivity contribution >= 4 is 11.5 Å². The summed E-state index contributed by atoms with van der Waals surface area (Å²) in [5, 5.41) is 18.1. The molecule has 1 saturated heterocycles. The molecule has 1 aromatic carbocycles. The number of hydrogen-bond acceptors (Lipinski definition) is 6. The number of hydrogen-bond donors (Lipinski definition) is 2. The molecule has 0 atom stereocenters. The van der Waals surface area contributed by atoms with Crippen LogP contribution in [-0.4, -0.2) is 57.1 Å². The number of halogens is 3. The second kappa shape index (κ2) is 8.62. The molecule has 0 aliphatic carbocycles. The molecule has 1 aliphatic rings. The number of fused-ring (bicyclic) bond motifs is 1. The third kappa shape index (κ3) is 5.01. The maximum Gasteiger partial charge on any atom is 0.573 e. The number of ether oxygens (including phenoxy) is 1. The summed E-state index contributed by atoms with van der Waals surface area (Å²) in [5.41, 5.74) is 1.02. The number of anilines is 1. The van der Waals surface area contributed by atoms with Gasteiger partial charge in [0.1, 0.15) is 17.3 Å². The minimum Gasteiger partial charge on any atom is -0.507 e. The highest BCUT2D eigenvalue weighted by Gasteiger charge is 2.31. The van der Waals surface area contributed by atoms with E-state index in [0.29, 0.717) is 23.1 Å². The van der Waals surface area contributed by atoms with E-state index in [0.717, 1.165) is 57.2 Å². The third-order valence-corrected chi connectivity index (χ3v) is 5.57. The summed E-state index contributed by atoms with van der Waals surface area (Å²) in [6, 6.07) is 6.91. The lowest BCUT2D eigenvalue weighted by Gasteiger charge is -2.31. The highest BCUT2D eigenvalue weighted by molar-refractivity contribution is 5.71. The van der Waals surface area contributed by atoms with Crippen LogP contribution in [0.3, 0.4) is 0 Å². The van der Waals surface area contributed by atoms with Gasteiger partial charge in [0.25, 0.3) is 0 Å². The summed E-state index contributed by atoms with van der Waals surface area (Å²) < 4.78 is 43.2. The van der Waals surface area contributed by atoms with E-state index in [2.05, 4.69) is 32.0 Å². The Hall–Kier alpha value is -3.01. The van der Waals surface area contributed by atoms with Gasteiger partial charge in [-0.3, -0.25) is 0 Å². The first-order valence-corrected chi connectivity index (χ1v) is 10.2. The summed E-state index contributed by atoms with van der Waals surface area (Å²) in [5.74, 6) is 0.566. The molecule has 0 amide bonds. The molecule has 3 heterocycles. The van der Waals surface area contributed by atoms with Gasteiger partial charge >= 0.3 is 6.36 Å². The van der Waals surface area contributed by atoms with Crippen molar-refractivity contribution in [1.29, 1.82) is 0 Å². The molecule has 3 aromatic rings. The van der Waals surface area contributed by atoms with Crippen molar-refractivity contribution < 1.29 is 23.0 Å². The Morgan fingerprint density at radius 1 is 1.19 bits per heavy atom. The predicted octanol–water partition coefficient (Wildman–Crippen LogP) is 4.14. The van der Waals surface area contributed by atoms with Gasteiger partial charge < -0.3 is 20.1 Å². The van der Waals surface area contributed by atoms with Crippen LogP contribution in [0.5, 0.6) is 11.5 Å². The monoisotopic (exact) mass is 435 g/mol. The van der Waals surface area contributed by atoms with Crippen LogP contribution in [-0.2, 0) is 0 Å². The molecule has 0 bridgehead atoms. The standard InChI is InChI=1S/C21H24F3N5O2/c1-2-28-9-7-14(8-10-28)12-25-19-5-6-20-26-13-17(29(20)27-19)16-11-15(3-4-18(16)30)31-21(22,23)24/h3-6,11,13-14,30H,2,7-10,12H2,1H3,(H,25,27). The van der Waals surface area contributed by atoms with Crippen LogP contribution < -0.4 is 10.1 Å². The molecular formula is C21H24F3N5O2. The third-order valence-electron chi connectivity index (χ3n) is 5.57. The van der Waals surface area contributed by atoms with E-state index in [1.165, 1.54) is 10.7 Å². The summed E-state index contributed by atoms with van der Waals surface area (Å²) in [6.07, 6.45) is -1.12. The van der Waals surface area contributed by atoms with Gasteiger partial charge in [-0.2, -0.15) is 0 Å². The number of phenolic OH excluding ortho intramolecular Hbond substituents is 1. The smallest absolute Gasteiger partial charge is 0.507 e. The first-order valence-electron chi connectivity index (χ1n) is 10.2. The zero-order valence-corrected chi connectivity index (χ0v) is 17.1. The van der Waals surface area contributed by atoms with Crippen LogP contribution in [0.25, 0.3) is 16.9 Å². The van der Waals surface area contributed by atoms with Gasteiger partial charge in [-0.05, 0) is 68.7 Å². The Kier molecular flexibility index (Phi) is 5.90.